The molecule has 1 aliphatic carbocycles. The van der Waals surface area contributed by atoms with Gasteiger partial charge in [-0.3, -0.25) is 0 Å². The first-order chi connectivity index (χ1) is 6.92. The number of nitrogens with zero attached hydrogens (tertiary/aromatic N) is 3. The Bertz CT molecular complexity index is 445. The van der Waals surface area contributed by atoms with Crippen LogP contribution >= 0.6 is 0 Å². The molecule has 0 atom stereocenters. The zero-order valence-electron chi connectivity index (χ0n) is 7.70. The third kappa shape index (κ3) is 1.21. The van der Waals surface area contributed by atoms with Crippen molar-refractivity contribution in [2.75, 3.05) is 5.32 Å². The lowest BCUT2D eigenvalue weighted by molar-refractivity contribution is 0.443. The van der Waals surface area contributed by atoms with Crippen LogP contribution in [0.25, 0.3) is 11.2 Å². The molecule has 0 aliphatic heterocycles. The van der Waals surface area contributed by atoms with Gasteiger partial charge in [0, 0.05) is 6.04 Å². The average Bonchev–Trinajstić information content (AvgIpc) is 2.58. The topological polar surface area (TPSA) is 66.5 Å². The fourth-order valence-electron chi connectivity index (χ4n) is 1.54. The number of rotatable bonds is 2. The van der Waals surface area contributed by atoms with Crippen molar-refractivity contribution in [3.8, 4) is 0 Å². The van der Waals surface area contributed by atoms with E-state index in [1.165, 1.54) is 19.3 Å². The summed E-state index contributed by atoms with van der Waals surface area (Å²) >= 11 is 0. The third-order valence-electron chi connectivity index (χ3n) is 2.61. The van der Waals surface area contributed by atoms with Crippen LogP contribution in [0.5, 0.6) is 0 Å². The van der Waals surface area contributed by atoms with Gasteiger partial charge < -0.3 is 10.3 Å². The van der Waals surface area contributed by atoms with Crippen molar-refractivity contribution in [2.45, 2.75) is 25.3 Å². The minimum Gasteiger partial charge on any atom is -0.351 e. The van der Waals surface area contributed by atoms with Crippen LogP contribution in [0.15, 0.2) is 12.5 Å². The molecule has 0 bridgehead atoms. The van der Waals surface area contributed by atoms with Gasteiger partial charge in [0.2, 0.25) is 5.95 Å². The van der Waals surface area contributed by atoms with E-state index in [9.17, 15) is 0 Å². The predicted octanol–water partition coefficient (Wildman–Crippen LogP) is 1.32. The Labute approximate surface area is 81.0 Å². The van der Waals surface area contributed by atoms with Crippen LogP contribution in [0.3, 0.4) is 0 Å². The van der Waals surface area contributed by atoms with Gasteiger partial charge in [0.25, 0.3) is 0 Å². The molecule has 0 amide bonds. The number of aromatic amines is 1. The van der Waals surface area contributed by atoms with E-state index in [0.717, 1.165) is 11.2 Å². The summed E-state index contributed by atoms with van der Waals surface area (Å²) < 4.78 is 0. The smallest absolute Gasteiger partial charge is 0.225 e. The van der Waals surface area contributed by atoms with E-state index in [0.29, 0.717) is 12.0 Å². The van der Waals surface area contributed by atoms with Gasteiger partial charge in [0.1, 0.15) is 5.52 Å². The molecule has 2 heterocycles. The van der Waals surface area contributed by atoms with E-state index < -0.39 is 0 Å². The van der Waals surface area contributed by atoms with Crippen LogP contribution in [0.4, 0.5) is 5.95 Å². The van der Waals surface area contributed by atoms with Crippen molar-refractivity contribution in [3.63, 3.8) is 0 Å². The molecule has 1 saturated carbocycles. The van der Waals surface area contributed by atoms with E-state index in [4.69, 9.17) is 0 Å². The Balaban J connectivity index is 1.88. The summed E-state index contributed by atoms with van der Waals surface area (Å²) in [6.45, 7) is 0. The van der Waals surface area contributed by atoms with Crippen molar-refractivity contribution < 1.29 is 0 Å². The van der Waals surface area contributed by atoms with Crippen LogP contribution in [-0.4, -0.2) is 26.0 Å². The molecule has 5 nitrogen and oxygen atoms in total. The normalized spacial score (nSPS) is 16.9. The summed E-state index contributed by atoms with van der Waals surface area (Å²) in [5, 5.41) is 3.28. The van der Waals surface area contributed by atoms with Crippen LogP contribution in [0.1, 0.15) is 19.3 Å². The van der Waals surface area contributed by atoms with Crippen molar-refractivity contribution in [1.82, 2.24) is 19.9 Å². The Kier molecular flexibility index (Phi) is 1.62. The molecule has 1 aliphatic rings. The molecule has 0 spiro atoms. The summed E-state index contributed by atoms with van der Waals surface area (Å²) in [6, 6.07) is 0.561. The predicted molar refractivity (Wildman–Crippen MR) is 52.9 cm³/mol. The molecule has 14 heavy (non-hydrogen) atoms. The lowest BCUT2D eigenvalue weighted by Gasteiger charge is -2.26. The van der Waals surface area contributed by atoms with Gasteiger partial charge >= 0.3 is 0 Å². The fourth-order valence-corrected chi connectivity index (χ4v) is 1.54. The van der Waals surface area contributed by atoms with Gasteiger partial charge in [0.15, 0.2) is 5.65 Å². The summed E-state index contributed by atoms with van der Waals surface area (Å²) in [7, 11) is 0. The molecular weight excluding hydrogens is 178 g/mol. The second kappa shape index (κ2) is 2.94. The van der Waals surface area contributed by atoms with E-state index in [2.05, 4.69) is 25.3 Å². The monoisotopic (exact) mass is 189 g/mol. The van der Waals surface area contributed by atoms with Gasteiger partial charge in [-0.1, -0.05) is 0 Å². The van der Waals surface area contributed by atoms with Gasteiger partial charge in [-0.05, 0) is 19.3 Å². The molecule has 0 saturated heterocycles. The number of nitrogens with one attached hydrogen (secondary N) is 2. The maximum absolute atomic E-state index is 4.29. The molecule has 2 aromatic rings. The fraction of sp³-hybridized carbons (Fsp3) is 0.444. The van der Waals surface area contributed by atoms with Crippen LogP contribution in [0.2, 0.25) is 0 Å². The van der Waals surface area contributed by atoms with Gasteiger partial charge in [-0.15, -0.1) is 0 Å². The average molecular weight is 189 g/mol. The molecule has 0 radical (unpaired) electrons. The van der Waals surface area contributed by atoms with E-state index >= 15 is 0 Å². The van der Waals surface area contributed by atoms with Crippen molar-refractivity contribution in [3.05, 3.63) is 12.5 Å². The minimum atomic E-state index is 0.561. The largest absolute Gasteiger partial charge is 0.351 e. The summed E-state index contributed by atoms with van der Waals surface area (Å²) in [5.74, 6) is 0.689. The summed E-state index contributed by atoms with van der Waals surface area (Å²) in [4.78, 5) is 15.5. The first-order valence-electron chi connectivity index (χ1n) is 4.84. The summed E-state index contributed by atoms with van der Waals surface area (Å²) in [6.07, 6.45) is 7.15. The van der Waals surface area contributed by atoms with Crippen molar-refractivity contribution in [2.24, 2.45) is 0 Å². The standard InChI is InChI=1S/C9H11N5/c1-2-6(3-1)13-9-10-4-7-8(14-9)12-5-11-7/h4-6H,1-3H2,(H2,10,11,12,13,14). The van der Waals surface area contributed by atoms with Crippen LogP contribution < -0.4 is 5.32 Å². The zero-order valence-corrected chi connectivity index (χ0v) is 7.70. The Morgan fingerprint density at radius 3 is 3.07 bits per heavy atom. The van der Waals surface area contributed by atoms with Gasteiger partial charge in [-0.2, -0.15) is 4.98 Å². The quantitative estimate of drug-likeness (QED) is 0.747. The zero-order chi connectivity index (χ0) is 9.38. The highest BCUT2D eigenvalue weighted by molar-refractivity contribution is 5.69. The lowest BCUT2D eigenvalue weighted by Crippen LogP contribution is -2.27. The molecule has 0 unspecified atom stereocenters. The maximum atomic E-state index is 4.29. The Morgan fingerprint density at radius 2 is 2.29 bits per heavy atom. The first kappa shape index (κ1) is 7.73. The third-order valence-corrected chi connectivity index (χ3v) is 2.61. The second-order valence-corrected chi connectivity index (χ2v) is 3.61. The minimum absolute atomic E-state index is 0.561. The molecule has 72 valence electrons. The number of hydrogen-bond acceptors (Lipinski definition) is 4. The molecule has 2 N–H and O–H groups in total. The van der Waals surface area contributed by atoms with Crippen molar-refractivity contribution in [1.29, 1.82) is 0 Å². The van der Waals surface area contributed by atoms with Gasteiger partial charge in [-0.25, -0.2) is 9.97 Å². The number of anilines is 1. The van der Waals surface area contributed by atoms with E-state index in [1.807, 2.05) is 0 Å². The summed E-state index contributed by atoms with van der Waals surface area (Å²) in [5.41, 5.74) is 1.60. The number of fused-ring (bicyclic) bond motifs is 1. The number of H-pyrrole nitrogens is 1. The Morgan fingerprint density at radius 1 is 1.36 bits per heavy atom. The highest BCUT2D eigenvalue weighted by Crippen LogP contribution is 2.21. The molecule has 3 rings (SSSR count). The molecule has 2 aromatic heterocycles. The molecule has 1 fully saturated rings. The van der Waals surface area contributed by atoms with Crippen molar-refractivity contribution >= 4 is 17.1 Å². The molecule has 0 aromatic carbocycles. The van der Waals surface area contributed by atoms with Crippen LogP contribution in [0, 0.1) is 0 Å². The van der Waals surface area contributed by atoms with Gasteiger partial charge in [0.05, 0.1) is 12.5 Å². The Hall–Kier alpha value is -1.65. The number of imidazole rings is 1. The lowest BCUT2D eigenvalue weighted by atomic mass is 9.93. The highest BCUT2D eigenvalue weighted by Gasteiger charge is 2.17. The number of aromatic nitrogens is 4. The second-order valence-electron chi connectivity index (χ2n) is 3.61. The molecule has 5 heteroatoms. The first-order valence-corrected chi connectivity index (χ1v) is 4.84. The van der Waals surface area contributed by atoms with E-state index in [1.54, 1.807) is 12.5 Å². The highest BCUT2D eigenvalue weighted by atomic mass is 15.1. The number of hydrogen-bond donors (Lipinski definition) is 2. The van der Waals surface area contributed by atoms with E-state index in [-0.39, 0.29) is 0 Å². The SMILES string of the molecule is c1nc2nc(NC3CCC3)ncc2[nH]1. The molecular formula is C9H11N5. The van der Waals surface area contributed by atoms with Crippen LogP contribution in [-0.2, 0) is 0 Å². The maximum Gasteiger partial charge on any atom is 0.225 e.